The molecule has 2 rings (SSSR count). The van der Waals surface area contributed by atoms with Crippen LogP contribution in [-0.2, 0) is 6.18 Å². The van der Waals surface area contributed by atoms with Crippen molar-refractivity contribution < 1.29 is 22.7 Å². The molecule has 122 valence electrons. The molecule has 0 heterocycles. The Bertz CT molecular complexity index is 717. The zero-order chi connectivity index (χ0) is 17.0. The van der Waals surface area contributed by atoms with Gasteiger partial charge in [0.05, 0.1) is 24.2 Å². The summed E-state index contributed by atoms with van der Waals surface area (Å²) in [6.07, 6.45) is -4.43. The third kappa shape index (κ3) is 4.39. The van der Waals surface area contributed by atoms with Gasteiger partial charge in [-0.3, -0.25) is 4.79 Å². The fraction of sp³-hybridized carbons (Fsp3) is 0.188. The molecule has 0 atom stereocenters. The van der Waals surface area contributed by atoms with Gasteiger partial charge in [-0.2, -0.15) is 13.2 Å². The zero-order valence-corrected chi connectivity index (χ0v) is 12.8. The van der Waals surface area contributed by atoms with Crippen molar-refractivity contribution in [2.75, 3.05) is 19.0 Å². The monoisotopic (exact) mass is 343 g/mol. The molecule has 3 nitrogen and oxygen atoms in total. The highest BCUT2D eigenvalue weighted by molar-refractivity contribution is 6.32. The molecule has 0 aliphatic carbocycles. The van der Waals surface area contributed by atoms with E-state index in [-0.39, 0.29) is 23.0 Å². The molecule has 0 fully saturated rings. The van der Waals surface area contributed by atoms with Crippen LogP contribution in [0.1, 0.15) is 15.9 Å². The lowest BCUT2D eigenvalue weighted by Crippen LogP contribution is -2.14. The number of methoxy groups -OCH3 is 1. The maximum atomic E-state index is 12.6. The highest BCUT2D eigenvalue weighted by Crippen LogP contribution is 2.30. The smallest absolute Gasteiger partial charge is 0.416 e. The first-order valence-corrected chi connectivity index (χ1v) is 6.97. The fourth-order valence-electron chi connectivity index (χ4n) is 1.93. The molecular formula is C16H13ClF3NO2. The second kappa shape index (κ2) is 6.91. The Kier molecular flexibility index (Phi) is 5.15. The lowest BCUT2D eigenvalue weighted by atomic mass is 10.1. The first-order chi connectivity index (χ1) is 10.8. The Balaban J connectivity index is 2.06. The number of carbonyl (C=O) groups is 1. The summed E-state index contributed by atoms with van der Waals surface area (Å²) in [6, 6.07) is 9.21. The maximum Gasteiger partial charge on any atom is 0.416 e. The van der Waals surface area contributed by atoms with Gasteiger partial charge >= 0.3 is 6.18 Å². The van der Waals surface area contributed by atoms with Crippen molar-refractivity contribution >= 4 is 23.1 Å². The number of benzene rings is 2. The molecule has 0 aliphatic heterocycles. The second-order valence-electron chi connectivity index (χ2n) is 4.70. The van der Waals surface area contributed by atoms with Crippen molar-refractivity contribution in [2.45, 2.75) is 6.18 Å². The van der Waals surface area contributed by atoms with Crippen LogP contribution in [-0.4, -0.2) is 19.4 Å². The minimum absolute atomic E-state index is 0.149. The van der Waals surface area contributed by atoms with Gasteiger partial charge in [-0.1, -0.05) is 17.7 Å². The first-order valence-electron chi connectivity index (χ1n) is 6.59. The SMILES string of the molecule is COc1ccc(C(=O)CNc2cccc(C(F)(F)F)c2)cc1Cl. The molecule has 0 aliphatic rings. The van der Waals surface area contributed by atoms with E-state index in [1.807, 2.05) is 0 Å². The lowest BCUT2D eigenvalue weighted by Gasteiger charge is -2.10. The standard InChI is InChI=1S/C16H13ClF3NO2/c1-23-15-6-5-10(7-13(15)17)14(22)9-21-12-4-2-3-11(8-12)16(18,19)20/h2-8,21H,9H2,1H3. The van der Waals surface area contributed by atoms with Crippen molar-refractivity contribution in [3.8, 4) is 5.75 Å². The number of ether oxygens (including phenoxy) is 1. The molecule has 0 saturated carbocycles. The van der Waals surface area contributed by atoms with E-state index in [1.54, 1.807) is 12.1 Å². The number of alkyl halides is 3. The Morgan fingerprint density at radius 1 is 1.22 bits per heavy atom. The first kappa shape index (κ1) is 17.1. The number of ketones is 1. The van der Waals surface area contributed by atoms with Crippen LogP contribution in [0.2, 0.25) is 5.02 Å². The molecule has 0 bridgehead atoms. The topological polar surface area (TPSA) is 38.3 Å². The van der Waals surface area contributed by atoms with Crippen molar-refractivity contribution in [3.63, 3.8) is 0 Å². The fourth-order valence-corrected chi connectivity index (χ4v) is 2.19. The molecular weight excluding hydrogens is 331 g/mol. The van der Waals surface area contributed by atoms with Gasteiger partial charge in [0.25, 0.3) is 0 Å². The van der Waals surface area contributed by atoms with Gasteiger partial charge in [0.15, 0.2) is 5.78 Å². The van der Waals surface area contributed by atoms with E-state index >= 15 is 0 Å². The highest BCUT2D eigenvalue weighted by Gasteiger charge is 2.30. The van der Waals surface area contributed by atoms with Gasteiger partial charge in [0.2, 0.25) is 0 Å². The quantitative estimate of drug-likeness (QED) is 0.802. The predicted octanol–water partition coefficient (Wildman–Crippen LogP) is 4.66. The van der Waals surface area contributed by atoms with Crippen LogP contribution in [0.25, 0.3) is 0 Å². The summed E-state index contributed by atoms with van der Waals surface area (Å²) in [5.74, 6) is 0.140. The number of hydrogen-bond acceptors (Lipinski definition) is 3. The van der Waals surface area contributed by atoms with E-state index in [1.165, 1.54) is 25.3 Å². The van der Waals surface area contributed by atoms with Crippen molar-refractivity contribution in [3.05, 3.63) is 58.6 Å². The lowest BCUT2D eigenvalue weighted by molar-refractivity contribution is -0.137. The van der Waals surface area contributed by atoms with E-state index in [0.717, 1.165) is 12.1 Å². The van der Waals surface area contributed by atoms with Gasteiger partial charge in [0, 0.05) is 11.3 Å². The summed E-state index contributed by atoms with van der Waals surface area (Å²) < 4.78 is 42.9. The minimum Gasteiger partial charge on any atom is -0.495 e. The molecule has 23 heavy (non-hydrogen) atoms. The van der Waals surface area contributed by atoms with Gasteiger partial charge < -0.3 is 10.1 Å². The summed E-state index contributed by atoms with van der Waals surface area (Å²) in [7, 11) is 1.46. The van der Waals surface area contributed by atoms with E-state index in [2.05, 4.69) is 5.32 Å². The van der Waals surface area contributed by atoms with Crippen LogP contribution < -0.4 is 10.1 Å². The molecule has 0 aromatic heterocycles. The number of hydrogen-bond donors (Lipinski definition) is 1. The van der Waals surface area contributed by atoms with Crippen LogP contribution in [0.15, 0.2) is 42.5 Å². The van der Waals surface area contributed by atoms with Crippen LogP contribution in [0.3, 0.4) is 0 Å². The van der Waals surface area contributed by atoms with E-state index < -0.39 is 11.7 Å². The van der Waals surface area contributed by atoms with Crippen LogP contribution in [0, 0.1) is 0 Å². The summed E-state index contributed by atoms with van der Waals surface area (Å²) >= 11 is 5.94. The molecule has 2 aromatic rings. The average Bonchev–Trinajstić information content (AvgIpc) is 2.52. The summed E-state index contributed by atoms with van der Waals surface area (Å²) in [4.78, 5) is 12.1. The molecule has 0 saturated heterocycles. The Labute approximate surface area is 136 Å². The zero-order valence-electron chi connectivity index (χ0n) is 12.1. The molecule has 0 spiro atoms. The van der Waals surface area contributed by atoms with Crippen molar-refractivity contribution in [2.24, 2.45) is 0 Å². The number of Topliss-reactive ketones (excluding diaryl/α,β-unsaturated/α-hetero) is 1. The van der Waals surface area contributed by atoms with Gasteiger partial charge in [0.1, 0.15) is 5.75 Å². The molecule has 0 radical (unpaired) electrons. The van der Waals surface area contributed by atoms with E-state index in [4.69, 9.17) is 16.3 Å². The van der Waals surface area contributed by atoms with Gasteiger partial charge in [-0.25, -0.2) is 0 Å². The van der Waals surface area contributed by atoms with E-state index in [0.29, 0.717) is 11.3 Å². The van der Waals surface area contributed by atoms with E-state index in [9.17, 15) is 18.0 Å². The Morgan fingerprint density at radius 2 is 1.96 bits per heavy atom. The second-order valence-corrected chi connectivity index (χ2v) is 5.11. The average molecular weight is 344 g/mol. The molecule has 0 amide bonds. The summed E-state index contributed by atoms with van der Waals surface area (Å²) in [5, 5.41) is 2.97. The van der Waals surface area contributed by atoms with Crippen LogP contribution in [0.5, 0.6) is 5.75 Å². The maximum absolute atomic E-state index is 12.6. The molecule has 1 N–H and O–H groups in total. The van der Waals surface area contributed by atoms with Gasteiger partial charge in [-0.15, -0.1) is 0 Å². The summed E-state index contributed by atoms with van der Waals surface area (Å²) in [6.45, 7) is -0.149. The third-order valence-corrected chi connectivity index (χ3v) is 3.41. The van der Waals surface area contributed by atoms with Crippen LogP contribution >= 0.6 is 11.6 Å². The molecule has 7 heteroatoms. The number of carbonyl (C=O) groups excluding carboxylic acids is 1. The number of halogens is 4. The highest BCUT2D eigenvalue weighted by atomic mass is 35.5. The number of rotatable bonds is 5. The van der Waals surface area contributed by atoms with Crippen molar-refractivity contribution in [1.82, 2.24) is 0 Å². The minimum atomic E-state index is -4.43. The Morgan fingerprint density at radius 3 is 2.57 bits per heavy atom. The summed E-state index contributed by atoms with van der Waals surface area (Å²) in [5.41, 5.74) is -0.217. The normalized spacial score (nSPS) is 11.2. The number of nitrogens with one attached hydrogen (secondary N) is 1. The van der Waals surface area contributed by atoms with Gasteiger partial charge in [-0.05, 0) is 36.4 Å². The predicted molar refractivity (Wildman–Crippen MR) is 82.3 cm³/mol. The molecule has 0 unspecified atom stereocenters. The molecule has 2 aromatic carbocycles. The largest absolute Gasteiger partial charge is 0.495 e. The Hall–Kier alpha value is -2.21. The third-order valence-electron chi connectivity index (χ3n) is 3.12. The number of anilines is 1. The van der Waals surface area contributed by atoms with Crippen LogP contribution in [0.4, 0.5) is 18.9 Å². The van der Waals surface area contributed by atoms with Crippen molar-refractivity contribution in [1.29, 1.82) is 0 Å².